The van der Waals surface area contributed by atoms with Crippen LogP contribution in [0.1, 0.15) is 24.2 Å². The zero-order valence-corrected chi connectivity index (χ0v) is 15.7. The second-order valence-corrected chi connectivity index (χ2v) is 7.04. The van der Waals surface area contributed by atoms with Gasteiger partial charge in [0.15, 0.2) is 12.1 Å². The number of amides is 1. The van der Waals surface area contributed by atoms with Gasteiger partial charge in [-0.05, 0) is 26.0 Å². The molecule has 164 valence electrons. The highest BCUT2D eigenvalue weighted by molar-refractivity contribution is 5.89. The molecule has 1 N–H and O–H groups in total. The molecule has 0 bridgehead atoms. The number of nitro benzene ring substituents is 1. The summed E-state index contributed by atoms with van der Waals surface area (Å²) in [6.07, 6.45) is -8.42. The number of ether oxygens (including phenoxy) is 4. The van der Waals surface area contributed by atoms with Crippen LogP contribution >= 0.6 is 0 Å². The average Bonchev–Trinajstić information content (AvgIpc) is 3.11. The molecule has 1 amide bonds. The van der Waals surface area contributed by atoms with Crippen LogP contribution in [0.15, 0.2) is 24.3 Å². The van der Waals surface area contributed by atoms with Gasteiger partial charge >= 0.3 is 18.1 Å². The van der Waals surface area contributed by atoms with Gasteiger partial charge in [-0.15, -0.1) is 0 Å². The molecule has 0 spiro atoms. The molecule has 13 heteroatoms. The quantitative estimate of drug-likeness (QED) is 0.421. The fourth-order valence-electron chi connectivity index (χ4n) is 3.09. The van der Waals surface area contributed by atoms with E-state index in [2.05, 4.69) is 0 Å². The minimum atomic E-state index is -5.13. The lowest BCUT2D eigenvalue weighted by molar-refractivity contribution is -0.384. The second kappa shape index (κ2) is 7.81. The summed E-state index contributed by atoms with van der Waals surface area (Å²) >= 11 is 0. The maximum absolute atomic E-state index is 12.7. The highest BCUT2D eigenvalue weighted by Crippen LogP contribution is 2.38. The van der Waals surface area contributed by atoms with Crippen LogP contribution in [0.5, 0.6) is 0 Å². The van der Waals surface area contributed by atoms with Crippen molar-refractivity contribution in [2.24, 2.45) is 0 Å². The first-order valence-corrected chi connectivity index (χ1v) is 8.68. The Morgan fingerprint density at radius 3 is 2.43 bits per heavy atom. The summed E-state index contributed by atoms with van der Waals surface area (Å²) in [5.41, 5.74) is -0.242. The van der Waals surface area contributed by atoms with Crippen molar-refractivity contribution in [3.63, 3.8) is 0 Å². The van der Waals surface area contributed by atoms with Gasteiger partial charge in [-0.25, -0.2) is 4.79 Å². The lowest BCUT2D eigenvalue weighted by Crippen LogP contribution is -2.53. The average molecular weight is 434 g/mol. The highest BCUT2D eigenvalue weighted by atomic mass is 19.4. The van der Waals surface area contributed by atoms with Gasteiger partial charge in [-0.3, -0.25) is 14.9 Å². The molecule has 0 saturated carbocycles. The Balaban J connectivity index is 1.68. The van der Waals surface area contributed by atoms with Gasteiger partial charge in [0.2, 0.25) is 0 Å². The Bertz CT molecular complexity index is 842. The van der Waals surface area contributed by atoms with Crippen molar-refractivity contribution >= 4 is 17.6 Å². The van der Waals surface area contributed by atoms with Crippen LogP contribution in [0, 0.1) is 10.1 Å². The number of nitrogens with one attached hydrogen (secondary N) is 1. The summed E-state index contributed by atoms with van der Waals surface area (Å²) < 4.78 is 59.6. The lowest BCUT2D eigenvalue weighted by Gasteiger charge is -2.26. The van der Waals surface area contributed by atoms with E-state index in [1.54, 1.807) is 5.32 Å². The fourth-order valence-corrected chi connectivity index (χ4v) is 3.09. The van der Waals surface area contributed by atoms with Gasteiger partial charge in [0.1, 0.15) is 18.8 Å². The standard InChI is InChI=1S/C17H17F3N2O8/c1-16(2)29-12-11(21-15(24)17(18,19)20)10(28-14(12)30-16)7-27-13(23)8-3-5-9(6-4-8)22(25)26/h3-6,10-12,14H,7H2,1-2H3,(H,21,24). The summed E-state index contributed by atoms with van der Waals surface area (Å²) in [4.78, 5) is 33.6. The van der Waals surface area contributed by atoms with Crippen LogP contribution < -0.4 is 5.32 Å². The Hall–Kier alpha value is -2.77. The Morgan fingerprint density at radius 1 is 1.23 bits per heavy atom. The highest BCUT2D eigenvalue weighted by Gasteiger charge is 2.57. The summed E-state index contributed by atoms with van der Waals surface area (Å²) in [6, 6.07) is 3.24. The first kappa shape index (κ1) is 21.9. The van der Waals surface area contributed by atoms with E-state index >= 15 is 0 Å². The van der Waals surface area contributed by atoms with Crippen molar-refractivity contribution in [1.82, 2.24) is 5.32 Å². The number of alkyl halides is 3. The smallest absolute Gasteiger partial charge is 0.459 e. The van der Waals surface area contributed by atoms with Crippen LogP contribution in [0.25, 0.3) is 0 Å². The molecular formula is C17H17F3N2O8. The topological polar surface area (TPSA) is 126 Å². The van der Waals surface area contributed by atoms with E-state index in [1.165, 1.54) is 26.0 Å². The molecule has 4 atom stereocenters. The van der Waals surface area contributed by atoms with Gasteiger partial charge in [-0.2, -0.15) is 13.2 Å². The van der Waals surface area contributed by atoms with Crippen molar-refractivity contribution in [2.75, 3.05) is 6.61 Å². The maximum Gasteiger partial charge on any atom is 0.471 e. The second-order valence-electron chi connectivity index (χ2n) is 7.04. The summed E-state index contributed by atoms with van der Waals surface area (Å²) in [5.74, 6) is -4.22. The number of non-ortho nitro benzene ring substituents is 1. The predicted molar refractivity (Wildman–Crippen MR) is 90.1 cm³/mol. The predicted octanol–water partition coefficient (Wildman–Crippen LogP) is 1.68. The summed E-state index contributed by atoms with van der Waals surface area (Å²) in [5, 5.41) is 12.5. The van der Waals surface area contributed by atoms with E-state index in [0.29, 0.717) is 0 Å². The SMILES string of the molecule is CC1(C)OC2OC(COC(=O)c3ccc([N+](=O)[O-])cc3)C(NC(=O)C(F)(F)F)C2O1. The third-order valence-corrected chi connectivity index (χ3v) is 4.40. The molecule has 2 heterocycles. The number of nitro groups is 1. The number of esters is 1. The van der Waals surface area contributed by atoms with E-state index in [1.807, 2.05) is 0 Å². The largest absolute Gasteiger partial charge is 0.471 e. The zero-order chi connectivity index (χ0) is 22.3. The molecule has 10 nitrogen and oxygen atoms in total. The third-order valence-electron chi connectivity index (χ3n) is 4.40. The van der Waals surface area contributed by atoms with Gasteiger partial charge < -0.3 is 24.3 Å². The van der Waals surface area contributed by atoms with E-state index in [-0.39, 0.29) is 11.3 Å². The molecule has 2 saturated heterocycles. The van der Waals surface area contributed by atoms with Crippen molar-refractivity contribution in [3.8, 4) is 0 Å². The minimum absolute atomic E-state index is 0.0108. The third kappa shape index (κ3) is 4.68. The number of rotatable bonds is 5. The van der Waals surface area contributed by atoms with Crippen molar-refractivity contribution in [3.05, 3.63) is 39.9 Å². The number of fused-ring (bicyclic) bond motifs is 1. The van der Waals surface area contributed by atoms with Crippen LogP contribution in [-0.2, 0) is 23.7 Å². The van der Waals surface area contributed by atoms with Gasteiger partial charge in [0, 0.05) is 12.1 Å². The van der Waals surface area contributed by atoms with Crippen LogP contribution in [-0.4, -0.2) is 59.9 Å². The minimum Gasteiger partial charge on any atom is -0.459 e. The van der Waals surface area contributed by atoms with E-state index < -0.39 is 59.9 Å². The molecule has 3 rings (SSSR count). The molecule has 4 unspecified atom stereocenters. The number of benzene rings is 1. The van der Waals surface area contributed by atoms with Gasteiger partial charge in [0.05, 0.1) is 16.5 Å². The zero-order valence-electron chi connectivity index (χ0n) is 15.7. The number of carbonyl (C=O) groups excluding carboxylic acids is 2. The molecular weight excluding hydrogens is 417 g/mol. The molecule has 1 aromatic carbocycles. The lowest BCUT2D eigenvalue weighted by atomic mass is 10.1. The van der Waals surface area contributed by atoms with Crippen molar-refractivity contribution in [1.29, 1.82) is 0 Å². The maximum atomic E-state index is 12.7. The van der Waals surface area contributed by atoms with E-state index in [0.717, 1.165) is 12.1 Å². The Morgan fingerprint density at radius 2 is 1.87 bits per heavy atom. The Kier molecular flexibility index (Phi) is 5.71. The summed E-state index contributed by atoms with van der Waals surface area (Å²) in [7, 11) is 0. The first-order valence-electron chi connectivity index (χ1n) is 8.68. The first-order chi connectivity index (χ1) is 13.9. The number of halogens is 3. The van der Waals surface area contributed by atoms with E-state index in [9.17, 15) is 32.9 Å². The van der Waals surface area contributed by atoms with E-state index in [4.69, 9.17) is 18.9 Å². The van der Waals surface area contributed by atoms with Gasteiger partial charge in [-0.1, -0.05) is 0 Å². The molecule has 1 aromatic rings. The normalized spacial score (nSPS) is 27.4. The van der Waals surface area contributed by atoms with Crippen LogP contribution in [0.4, 0.5) is 18.9 Å². The summed E-state index contributed by atoms with van der Waals surface area (Å²) in [6.45, 7) is 2.54. The van der Waals surface area contributed by atoms with Crippen LogP contribution in [0.2, 0.25) is 0 Å². The Labute approximate surface area is 167 Å². The molecule has 0 radical (unpaired) electrons. The van der Waals surface area contributed by atoms with Crippen molar-refractivity contribution in [2.45, 2.75) is 50.4 Å². The molecule has 0 aliphatic carbocycles. The molecule has 2 aliphatic heterocycles. The number of hydrogen-bond donors (Lipinski definition) is 1. The van der Waals surface area contributed by atoms with Crippen LogP contribution in [0.3, 0.4) is 0 Å². The van der Waals surface area contributed by atoms with Crippen molar-refractivity contribution < 1.29 is 46.6 Å². The fraction of sp³-hybridized carbons (Fsp3) is 0.529. The number of hydrogen-bond acceptors (Lipinski definition) is 8. The molecule has 30 heavy (non-hydrogen) atoms. The number of carbonyl (C=O) groups is 2. The molecule has 2 aliphatic rings. The monoisotopic (exact) mass is 434 g/mol. The van der Waals surface area contributed by atoms with Gasteiger partial charge in [0.25, 0.3) is 5.69 Å². The molecule has 0 aromatic heterocycles. The number of nitrogens with zero attached hydrogens (tertiary/aromatic N) is 1. The molecule has 2 fully saturated rings.